The minimum Gasteiger partial charge on any atom is -0.481 e. The highest BCUT2D eigenvalue weighted by atomic mass is 16.4. The van der Waals surface area contributed by atoms with Gasteiger partial charge >= 0.3 is 5.97 Å². The Balaban J connectivity index is 2.48. The average Bonchev–Trinajstić information content (AvgIpc) is 2.39. The van der Waals surface area contributed by atoms with Gasteiger partial charge in [0.1, 0.15) is 0 Å². The molecule has 5 heteroatoms. The van der Waals surface area contributed by atoms with Crippen molar-refractivity contribution in [3.05, 3.63) is 0 Å². The molecule has 1 rings (SSSR count). The van der Waals surface area contributed by atoms with Crippen molar-refractivity contribution in [2.24, 2.45) is 5.41 Å². The van der Waals surface area contributed by atoms with Gasteiger partial charge in [0.2, 0.25) is 5.91 Å². The van der Waals surface area contributed by atoms with Gasteiger partial charge in [0, 0.05) is 20.0 Å². The second-order valence-electron chi connectivity index (χ2n) is 5.49. The monoisotopic (exact) mass is 270 g/mol. The predicted molar refractivity (Wildman–Crippen MR) is 74.0 cm³/mol. The van der Waals surface area contributed by atoms with Crippen molar-refractivity contribution in [3.63, 3.8) is 0 Å². The highest BCUT2D eigenvalue weighted by Crippen LogP contribution is 2.35. The van der Waals surface area contributed by atoms with Gasteiger partial charge in [0.05, 0.1) is 5.41 Å². The highest BCUT2D eigenvalue weighted by Gasteiger charge is 2.41. The lowest BCUT2D eigenvalue weighted by Crippen LogP contribution is -2.48. The summed E-state index contributed by atoms with van der Waals surface area (Å²) in [6, 6.07) is 0. The molecule has 1 fully saturated rings. The number of nitrogens with zero attached hydrogens (tertiary/aromatic N) is 1. The topological polar surface area (TPSA) is 69.6 Å². The van der Waals surface area contributed by atoms with Crippen LogP contribution in [0, 0.1) is 5.41 Å². The van der Waals surface area contributed by atoms with Crippen LogP contribution in [0.3, 0.4) is 0 Å². The first-order valence-electron chi connectivity index (χ1n) is 7.20. The van der Waals surface area contributed by atoms with E-state index in [9.17, 15) is 14.7 Å². The molecule has 1 unspecified atom stereocenters. The van der Waals surface area contributed by atoms with E-state index < -0.39 is 11.4 Å². The summed E-state index contributed by atoms with van der Waals surface area (Å²) in [5.74, 6) is -0.611. The molecule has 0 aromatic heterocycles. The van der Waals surface area contributed by atoms with Gasteiger partial charge in [0.25, 0.3) is 0 Å². The van der Waals surface area contributed by atoms with E-state index in [1.165, 1.54) is 0 Å². The number of hydrogen-bond acceptors (Lipinski definition) is 3. The molecule has 1 amide bonds. The van der Waals surface area contributed by atoms with Crippen molar-refractivity contribution in [1.82, 2.24) is 10.2 Å². The van der Waals surface area contributed by atoms with Gasteiger partial charge in [-0.1, -0.05) is 13.3 Å². The Morgan fingerprint density at radius 2 is 2.16 bits per heavy atom. The Bertz CT molecular complexity index is 316. The van der Waals surface area contributed by atoms with Crippen molar-refractivity contribution in [3.8, 4) is 0 Å². The molecule has 1 aliphatic heterocycles. The number of hydrogen-bond donors (Lipinski definition) is 2. The van der Waals surface area contributed by atoms with Crippen molar-refractivity contribution in [2.75, 3.05) is 26.7 Å². The van der Waals surface area contributed by atoms with Crippen molar-refractivity contribution in [2.45, 2.75) is 45.4 Å². The SMILES string of the molecule is CCCC1(C(=O)O)CCCN(CCCC(=O)NC)C1. The fourth-order valence-corrected chi connectivity index (χ4v) is 2.97. The van der Waals surface area contributed by atoms with E-state index in [0.29, 0.717) is 13.0 Å². The van der Waals surface area contributed by atoms with Crippen LogP contribution in [0.1, 0.15) is 45.4 Å². The lowest BCUT2D eigenvalue weighted by atomic mass is 9.76. The number of carboxylic acid groups (broad SMARTS) is 1. The number of piperidine rings is 1. The fraction of sp³-hybridized carbons (Fsp3) is 0.857. The van der Waals surface area contributed by atoms with Crippen LogP contribution >= 0.6 is 0 Å². The van der Waals surface area contributed by atoms with Crippen LogP contribution in [0.2, 0.25) is 0 Å². The fourth-order valence-electron chi connectivity index (χ4n) is 2.97. The highest BCUT2D eigenvalue weighted by molar-refractivity contribution is 5.75. The van der Waals surface area contributed by atoms with Crippen LogP contribution in [-0.4, -0.2) is 48.6 Å². The van der Waals surface area contributed by atoms with E-state index in [1.807, 2.05) is 6.92 Å². The maximum atomic E-state index is 11.5. The molecule has 0 bridgehead atoms. The van der Waals surface area contributed by atoms with Gasteiger partial charge in [-0.2, -0.15) is 0 Å². The predicted octanol–water partition coefficient (Wildman–Crippen LogP) is 1.48. The molecule has 0 aliphatic carbocycles. The summed E-state index contributed by atoms with van der Waals surface area (Å²) < 4.78 is 0. The molecule has 1 saturated heterocycles. The van der Waals surface area contributed by atoms with Gasteiger partial charge in [-0.05, 0) is 38.8 Å². The Morgan fingerprint density at radius 1 is 1.42 bits per heavy atom. The van der Waals surface area contributed by atoms with Crippen molar-refractivity contribution < 1.29 is 14.7 Å². The normalized spacial score (nSPS) is 24.1. The molecular formula is C14H26N2O3. The molecule has 0 aromatic rings. The molecule has 110 valence electrons. The van der Waals surface area contributed by atoms with Crippen LogP contribution < -0.4 is 5.32 Å². The molecule has 0 radical (unpaired) electrons. The maximum absolute atomic E-state index is 11.5. The largest absolute Gasteiger partial charge is 0.481 e. The van der Waals surface area contributed by atoms with Gasteiger partial charge < -0.3 is 15.3 Å². The summed E-state index contributed by atoms with van der Waals surface area (Å²) in [6.45, 7) is 4.43. The van der Waals surface area contributed by atoms with Crippen LogP contribution in [0.25, 0.3) is 0 Å². The Kier molecular flexibility index (Phi) is 6.28. The lowest BCUT2D eigenvalue weighted by molar-refractivity contribution is -0.153. The zero-order valence-corrected chi connectivity index (χ0v) is 12.1. The lowest BCUT2D eigenvalue weighted by Gasteiger charge is -2.40. The number of amides is 1. The third kappa shape index (κ3) is 4.49. The summed E-state index contributed by atoms with van der Waals surface area (Å²) in [4.78, 5) is 24.9. The number of carbonyl (C=O) groups excluding carboxylic acids is 1. The molecule has 5 nitrogen and oxygen atoms in total. The first-order chi connectivity index (χ1) is 9.04. The van der Waals surface area contributed by atoms with Gasteiger partial charge in [-0.3, -0.25) is 9.59 Å². The van der Waals surface area contributed by atoms with E-state index in [-0.39, 0.29) is 5.91 Å². The Morgan fingerprint density at radius 3 is 2.74 bits per heavy atom. The quantitative estimate of drug-likeness (QED) is 0.735. The number of likely N-dealkylation sites (tertiary alicyclic amines) is 1. The molecular weight excluding hydrogens is 244 g/mol. The minimum atomic E-state index is -0.662. The average molecular weight is 270 g/mol. The molecule has 1 atom stereocenters. The van der Waals surface area contributed by atoms with Crippen molar-refractivity contribution in [1.29, 1.82) is 0 Å². The number of aliphatic carboxylic acids is 1. The second kappa shape index (κ2) is 7.48. The van der Waals surface area contributed by atoms with Crippen LogP contribution in [0.15, 0.2) is 0 Å². The van der Waals surface area contributed by atoms with E-state index in [2.05, 4.69) is 10.2 Å². The zero-order chi connectivity index (χ0) is 14.3. The van der Waals surface area contributed by atoms with Gasteiger partial charge in [-0.25, -0.2) is 0 Å². The third-order valence-corrected chi connectivity index (χ3v) is 4.00. The summed E-state index contributed by atoms with van der Waals surface area (Å²) in [5.41, 5.74) is -0.569. The summed E-state index contributed by atoms with van der Waals surface area (Å²) in [7, 11) is 1.64. The van der Waals surface area contributed by atoms with E-state index in [0.717, 1.165) is 45.2 Å². The first-order valence-corrected chi connectivity index (χ1v) is 7.20. The smallest absolute Gasteiger partial charge is 0.310 e. The standard InChI is InChI=1S/C14H26N2O3/c1-3-7-14(13(18)19)8-5-10-16(11-14)9-4-6-12(17)15-2/h3-11H2,1-2H3,(H,15,17)(H,18,19). The zero-order valence-electron chi connectivity index (χ0n) is 12.1. The maximum Gasteiger partial charge on any atom is 0.310 e. The van der Waals surface area contributed by atoms with Crippen molar-refractivity contribution >= 4 is 11.9 Å². The third-order valence-electron chi connectivity index (χ3n) is 4.00. The van der Waals surface area contributed by atoms with Crippen LogP contribution in [0.4, 0.5) is 0 Å². The number of rotatable bonds is 7. The number of carbonyl (C=O) groups is 2. The van der Waals surface area contributed by atoms with E-state index in [1.54, 1.807) is 7.05 Å². The van der Waals surface area contributed by atoms with Crippen LogP contribution in [-0.2, 0) is 9.59 Å². The summed E-state index contributed by atoms with van der Waals surface area (Å²) in [5, 5.41) is 12.1. The second-order valence-corrected chi connectivity index (χ2v) is 5.49. The molecule has 0 aromatic carbocycles. The molecule has 1 aliphatic rings. The molecule has 1 heterocycles. The number of carboxylic acids is 1. The molecule has 19 heavy (non-hydrogen) atoms. The Hall–Kier alpha value is -1.10. The Labute approximate surface area is 115 Å². The number of nitrogens with one attached hydrogen (secondary N) is 1. The van der Waals surface area contributed by atoms with E-state index in [4.69, 9.17) is 0 Å². The van der Waals surface area contributed by atoms with Gasteiger partial charge in [-0.15, -0.1) is 0 Å². The summed E-state index contributed by atoms with van der Waals surface area (Å²) in [6.07, 6.45) is 4.67. The first kappa shape index (κ1) is 16.0. The minimum absolute atomic E-state index is 0.0510. The molecule has 0 saturated carbocycles. The molecule has 0 spiro atoms. The summed E-state index contributed by atoms with van der Waals surface area (Å²) >= 11 is 0. The molecule has 2 N–H and O–H groups in total. The van der Waals surface area contributed by atoms with E-state index >= 15 is 0 Å². The van der Waals surface area contributed by atoms with Gasteiger partial charge in [0.15, 0.2) is 0 Å². The van der Waals surface area contributed by atoms with Crippen LogP contribution in [0.5, 0.6) is 0 Å².